The van der Waals surface area contributed by atoms with E-state index in [1.165, 1.54) is 19.8 Å². The Balaban J connectivity index is 2.02. The van der Waals surface area contributed by atoms with Gasteiger partial charge in [0.25, 0.3) is 0 Å². The van der Waals surface area contributed by atoms with Gasteiger partial charge in [0.1, 0.15) is 5.75 Å². The molecule has 0 aliphatic carbocycles. The molecule has 110 valence electrons. The number of nitrogens with one attached hydrogen (secondary N) is 1. The summed E-state index contributed by atoms with van der Waals surface area (Å²) in [6.07, 6.45) is 1.12. The van der Waals surface area contributed by atoms with Crippen molar-refractivity contribution in [2.24, 2.45) is 0 Å². The second kappa shape index (κ2) is 6.60. The highest BCUT2D eigenvalue weighted by Gasteiger charge is 2.19. The average molecular weight is 317 g/mol. The highest BCUT2D eigenvalue weighted by molar-refractivity contribution is 7.27. The zero-order valence-corrected chi connectivity index (χ0v) is 13.9. The van der Waals surface area contributed by atoms with Crippen LogP contribution < -0.4 is 10.1 Å². The van der Waals surface area contributed by atoms with Crippen molar-refractivity contribution >= 4 is 32.1 Å². The molecule has 0 radical (unpaired) electrons. The van der Waals surface area contributed by atoms with E-state index in [0.717, 1.165) is 18.7 Å². The Kier molecular flexibility index (Phi) is 4.58. The van der Waals surface area contributed by atoms with Crippen LogP contribution >= 0.6 is 22.7 Å². The van der Waals surface area contributed by atoms with Crippen LogP contribution in [0.25, 0.3) is 9.40 Å². The number of hydrogen-bond donors (Lipinski definition) is 1. The lowest BCUT2D eigenvalue weighted by Crippen LogP contribution is -2.22. The van der Waals surface area contributed by atoms with Gasteiger partial charge in [-0.15, -0.1) is 22.7 Å². The minimum atomic E-state index is 0.200. The van der Waals surface area contributed by atoms with Gasteiger partial charge in [0.15, 0.2) is 0 Å². The fourth-order valence-electron chi connectivity index (χ4n) is 2.48. The van der Waals surface area contributed by atoms with Crippen LogP contribution in [-0.4, -0.2) is 13.7 Å². The number of hydrogen-bond acceptors (Lipinski definition) is 4. The largest absolute Gasteiger partial charge is 0.496 e. The van der Waals surface area contributed by atoms with E-state index in [2.05, 4.69) is 41.9 Å². The van der Waals surface area contributed by atoms with Gasteiger partial charge in [0.2, 0.25) is 0 Å². The first-order valence-electron chi connectivity index (χ1n) is 7.16. The Morgan fingerprint density at radius 2 is 2.05 bits per heavy atom. The summed E-state index contributed by atoms with van der Waals surface area (Å²) in [5.74, 6) is 0.947. The monoisotopic (exact) mass is 317 g/mol. The SMILES string of the molecule is CCCNC(c1cc2sccc2s1)c1ccccc1OC. The molecule has 0 saturated carbocycles. The number of rotatable bonds is 6. The van der Waals surface area contributed by atoms with E-state index in [1.807, 2.05) is 23.5 Å². The molecule has 1 atom stereocenters. The lowest BCUT2D eigenvalue weighted by atomic mass is 10.0. The van der Waals surface area contributed by atoms with Crippen LogP contribution in [0.1, 0.15) is 29.8 Å². The topological polar surface area (TPSA) is 21.3 Å². The number of fused-ring (bicyclic) bond motifs is 1. The molecule has 2 heterocycles. The fraction of sp³-hybridized carbons (Fsp3) is 0.294. The Hall–Kier alpha value is -1.36. The Bertz CT molecular complexity index is 688. The van der Waals surface area contributed by atoms with E-state index in [9.17, 15) is 0 Å². The smallest absolute Gasteiger partial charge is 0.124 e. The van der Waals surface area contributed by atoms with Crippen LogP contribution in [0.4, 0.5) is 0 Å². The maximum Gasteiger partial charge on any atom is 0.124 e. The molecule has 3 rings (SSSR count). The van der Waals surface area contributed by atoms with E-state index in [-0.39, 0.29) is 6.04 Å². The number of benzene rings is 1. The molecule has 0 amide bonds. The Labute approximate surface area is 133 Å². The predicted molar refractivity (Wildman–Crippen MR) is 92.8 cm³/mol. The molecule has 0 aliphatic rings. The van der Waals surface area contributed by atoms with Gasteiger partial charge in [-0.2, -0.15) is 0 Å². The van der Waals surface area contributed by atoms with Crippen LogP contribution in [0.5, 0.6) is 5.75 Å². The van der Waals surface area contributed by atoms with E-state index in [0.29, 0.717) is 0 Å². The third-order valence-electron chi connectivity index (χ3n) is 3.49. The predicted octanol–water partition coefficient (Wildman–Crippen LogP) is 5.06. The van der Waals surface area contributed by atoms with E-state index in [1.54, 1.807) is 18.4 Å². The summed E-state index contributed by atoms with van der Waals surface area (Å²) in [6, 6.07) is 13.0. The van der Waals surface area contributed by atoms with Gasteiger partial charge in [-0.25, -0.2) is 0 Å². The summed E-state index contributed by atoms with van der Waals surface area (Å²) in [5.41, 5.74) is 1.21. The van der Waals surface area contributed by atoms with Crippen molar-refractivity contribution in [3.8, 4) is 5.75 Å². The number of methoxy groups -OCH3 is 1. The zero-order valence-electron chi connectivity index (χ0n) is 12.3. The molecule has 4 heteroatoms. The molecule has 21 heavy (non-hydrogen) atoms. The molecule has 0 aliphatic heterocycles. The average Bonchev–Trinajstić information content (AvgIpc) is 3.09. The molecule has 0 fully saturated rings. The molecular formula is C17H19NOS2. The number of para-hydroxylation sites is 1. The number of ether oxygens (including phenoxy) is 1. The minimum Gasteiger partial charge on any atom is -0.496 e. The molecule has 1 unspecified atom stereocenters. The molecule has 0 spiro atoms. The number of thiophene rings is 2. The van der Waals surface area contributed by atoms with Crippen LogP contribution in [0.2, 0.25) is 0 Å². The molecule has 1 N–H and O–H groups in total. The van der Waals surface area contributed by atoms with Crippen molar-refractivity contribution in [2.75, 3.05) is 13.7 Å². The third-order valence-corrected chi connectivity index (χ3v) is 5.65. The Morgan fingerprint density at radius 1 is 1.19 bits per heavy atom. The standard InChI is InChI=1S/C17H19NOS2/c1-3-9-18-17(12-6-4-5-7-13(12)19-2)16-11-15-14(21-16)8-10-20-15/h4-8,10-11,17-18H,3,9H2,1-2H3. The molecule has 2 nitrogen and oxygen atoms in total. The molecule has 0 saturated heterocycles. The van der Waals surface area contributed by atoms with Crippen molar-refractivity contribution in [3.05, 3.63) is 52.2 Å². The summed E-state index contributed by atoms with van der Waals surface area (Å²) in [6.45, 7) is 3.19. The maximum absolute atomic E-state index is 5.55. The van der Waals surface area contributed by atoms with Gasteiger partial charge in [-0.05, 0) is 36.5 Å². The van der Waals surface area contributed by atoms with Gasteiger partial charge >= 0.3 is 0 Å². The van der Waals surface area contributed by atoms with Crippen molar-refractivity contribution in [3.63, 3.8) is 0 Å². The van der Waals surface area contributed by atoms with Crippen molar-refractivity contribution < 1.29 is 4.74 Å². The summed E-state index contributed by atoms with van der Waals surface area (Å²) >= 11 is 3.67. The first kappa shape index (κ1) is 14.6. The molecule has 1 aromatic carbocycles. The first-order chi connectivity index (χ1) is 10.3. The van der Waals surface area contributed by atoms with Gasteiger partial charge in [-0.1, -0.05) is 25.1 Å². The van der Waals surface area contributed by atoms with E-state index < -0.39 is 0 Å². The maximum atomic E-state index is 5.55. The van der Waals surface area contributed by atoms with Gasteiger partial charge in [0, 0.05) is 19.8 Å². The quantitative estimate of drug-likeness (QED) is 0.686. The van der Waals surface area contributed by atoms with E-state index >= 15 is 0 Å². The first-order valence-corrected chi connectivity index (χ1v) is 8.86. The van der Waals surface area contributed by atoms with Gasteiger partial charge in [-0.3, -0.25) is 0 Å². The van der Waals surface area contributed by atoms with Gasteiger partial charge in [0.05, 0.1) is 13.2 Å². The second-order valence-corrected chi connectivity index (χ2v) is 6.99. The van der Waals surface area contributed by atoms with Crippen molar-refractivity contribution in [1.29, 1.82) is 0 Å². The lowest BCUT2D eigenvalue weighted by Gasteiger charge is -2.20. The zero-order chi connectivity index (χ0) is 14.7. The highest BCUT2D eigenvalue weighted by atomic mass is 32.1. The normalized spacial score (nSPS) is 12.7. The lowest BCUT2D eigenvalue weighted by molar-refractivity contribution is 0.404. The van der Waals surface area contributed by atoms with Crippen molar-refractivity contribution in [2.45, 2.75) is 19.4 Å². The summed E-state index contributed by atoms with van der Waals surface area (Å²) in [4.78, 5) is 1.36. The van der Waals surface area contributed by atoms with Crippen LogP contribution in [0, 0.1) is 0 Å². The summed E-state index contributed by atoms with van der Waals surface area (Å²) < 4.78 is 8.29. The minimum absolute atomic E-state index is 0.200. The molecular weight excluding hydrogens is 298 g/mol. The molecule has 2 aromatic heterocycles. The van der Waals surface area contributed by atoms with Crippen molar-refractivity contribution in [1.82, 2.24) is 5.32 Å². The van der Waals surface area contributed by atoms with Crippen LogP contribution in [-0.2, 0) is 0 Å². The van der Waals surface area contributed by atoms with Crippen LogP contribution in [0.15, 0.2) is 41.8 Å². The fourth-order valence-corrected chi connectivity index (χ4v) is 4.70. The highest BCUT2D eigenvalue weighted by Crippen LogP contribution is 2.38. The molecule has 0 bridgehead atoms. The molecule has 3 aromatic rings. The van der Waals surface area contributed by atoms with Crippen LogP contribution in [0.3, 0.4) is 0 Å². The third kappa shape index (κ3) is 2.98. The van der Waals surface area contributed by atoms with E-state index in [4.69, 9.17) is 4.74 Å². The van der Waals surface area contributed by atoms with Gasteiger partial charge < -0.3 is 10.1 Å². The summed E-state index contributed by atoms with van der Waals surface area (Å²) in [7, 11) is 1.74. The second-order valence-electron chi connectivity index (χ2n) is 4.93. The Morgan fingerprint density at radius 3 is 2.81 bits per heavy atom. The summed E-state index contributed by atoms with van der Waals surface area (Å²) in [5, 5.41) is 5.82.